The van der Waals surface area contributed by atoms with Gasteiger partial charge in [-0.25, -0.2) is 4.68 Å². The Hall–Kier alpha value is -3.02. The second-order valence-electron chi connectivity index (χ2n) is 5.27. The molecule has 0 fully saturated rings. The summed E-state index contributed by atoms with van der Waals surface area (Å²) < 4.78 is 7.18. The van der Waals surface area contributed by atoms with Crippen molar-refractivity contribution in [1.29, 1.82) is 0 Å². The number of guanidine groups is 1. The minimum absolute atomic E-state index is 0.611. The van der Waals surface area contributed by atoms with Crippen LogP contribution in [0.15, 0.2) is 70.4 Å². The Labute approximate surface area is 141 Å². The van der Waals surface area contributed by atoms with Gasteiger partial charge in [-0.3, -0.25) is 4.99 Å². The fourth-order valence-corrected chi connectivity index (χ4v) is 2.33. The molecule has 0 spiro atoms. The highest BCUT2D eigenvalue weighted by molar-refractivity contribution is 5.79. The van der Waals surface area contributed by atoms with Gasteiger partial charge in [-0.2, -0.15) is 5.10 Å². The molecule has 0 bridgehead atoms. The number of aliphatic imine (C=N–C) groups is 1. The van der Waals surface area contributed by atoms with Crippen LogP contribution in [-0.2, 0) is 13.0 Å². The van der Waals surface area contributed by atoms with Crippen molar-refractivity contribution in [2.24, 2.45) is 4.99 Å². The van der Waals surface area contributed by atoms with Crippen molar-refractivity contribution in [3.63, 3.8) is 0 Å². The van der Waals surface area contributed by atoms with Gasteiger partial charge in [0, 0.05) is 26.2 Å². The summed E-state index contributed by atoms with van der Waals surface area (Å²) >= 11 is 0. The Bertz CT molecular complexity index is 762. The molecule has 2 aromatic heterocycles. The molecule has 3 rings (SSSR count). The predicted molar refractivity (Wildman–Crippen MR) is 94.2 cm³/mol. The lowest BCUT2D eigenvalue weighted by molar-refractivity contribution is 0.506. The average Bonchev–Trinajstić information content (AvgIpc) is 3.30. The van der Waals surface area contributed by atoms with Crippen LogP contribution in [0, 0.1) is 0 Å². The topological polar surface area (TPSA) is 67.4 Å². The van der Waals surface area contributed by atoms with Gasteiger partial charge in [-0.15, -0.1) is 0 Å². The molecule has 0 amide bonds. The highest BCUT2D eigenvalue weighted by atomic mass is 16.3. The summed E-state index contributed by atoms with van der Waals surface area (Å²) in [7, 11) is 1.75. The summed E-state index contributed by atoms with van der Waals surface area (Å²) in [5, 5.41) is 11.1. The van der Waals surface area contributed by atoms with E-state index in [0.717, 1.165) is 36.1 Å². The van der Waals surface area contributed by atoms with Crippen LogP contribution in [0.25, 0.3) is 5.69 Å². The van der Waals surface area contributed by atoms with E-state index in [1.165, 1.54) is 0 Å². The van der Waals surface area contributed by atoms with E-state index in [4.69, 9.17) is 4.42 Å². The molecule has 3 aromatic rings. The smallest absolute Gasteiger partial charge is 0.191 e. The van der Waals surface area contributed by atoms with Crippen LogP contribution in [-0.4, -0.2) is 29.3 Å². The first-order chi connectivity index (χ1) is 11.8. The fourth-order valence-electron chi connectivity index (χ4n) is 2.33. The van der Waals surface area contributed by atoms with Crippen LogP contribution in [0.5, 0.6) is 0 Å². The van der Waals surface area contributed by atoms with E-state index >= 15 is 0 Å². The fraction of sp³-hybridized carbons (Fsp3) is 0.222. The van der Waals surface area contributed by atoms with Crippen molar-refractivity contribution in [3.8, 4) is 5.69 Å². The zero-order valence-electron chi connectivity index (χ0n) is 13.6. The number of hydrogen-bond donors (Lipinski definition) is 2. The molecule has 0 aliphatic rings. The van der Waals surface area contributed by atoms with Crippen LogP contribution in [0.4, 0.5) is 0 Å². The standard InChI is InChI=1S/C18H21N5O/c1-19-18(20-11-9-17-8-5-13-24-17)21-14-15-10-12-23(22-15)16-6-3-2-4-7-16/h2-8,10,12-13H,9,11,14H2,1H3,(H2,19,20,21). The van der Waals surface area contributed by atoms with E-state index in [0.29, 0.717) is 6.54 Å². The molecule has 6 nitrogen and oxygen atoms in total. The molecule has 0 saturated carbocycles. The van der Waals surface area contributed by atoms with Gasteiger partial charge in [-0.1, -0.05) is 18.2 Å². The zero-order chi connectivity index (χ0) is 16.6. The van der Waals surface area contributed by atoms with Crippen molar-refractivity contribution in [2.75, 3.05) is 13.6 Å². The SMILES string of the molecule is CN=C(NCCc1ccco1)NCc1ccn(-c2ccccc2)n1. The molecular formula is C18H21N5O. The van der Waals surface area contributed by atoms with Crippen molar-refractivity contribution >= 4 is 5.96 Å². The molecular weight excluding hydrogens is 302 g/mol. The maximum absolute atomic E-state index is 5.31. The number of para-hydroxylation sites is 1. The molecule has 0 atom stereocenters. The lowest BCUT2D eigenvalue weighted by Gasteiger charge is -2.10. The van der Waals surface area contributed by atoms with Crippen molar-refractivity contribution < 1.29 is 4.42 Å². The van der Waals surface area contributed by atoms with E-state index in [1.54, 1.807) is 13.3 Å². The minimum Gasteiger partial charge on any atom is -0.469 e. The third kappa shape index (κ3) is 4.25. The number of furan rings is 1. The maximum atomic E-state index is 5.31. The second-order valence-corrected chi connectivity index (χ2v) is 5.27. The molecule has 0 unspecified atom stereocenters. The summed E-state index contributed by atoms with van der Waals surface area (Å²) in [4.78, 5) is 4.22. The van der Waals surface area contributed by atoms with Gasteiger partial charge >= 0.3 is 0 Å². The molecule has 2 heterocycles. The van der Waals surface area contributed by atoms with Crippen LogP contribution < -0.4 is 10.6 Å². The van der Waals surface area contributed by atoms with Crippen LogP contribution in [0.1, 0.15) is 11.5 Å². The molecule has 0 aliphatic heterocycles. The first-order valence-corrected chi connectivity index (χ1v) is 7.92. The minimum atomic E-state index is 0.611. The average molecular weight is 323 g/mol. The van der Waals surface area contributed by atoms with E-state index in [9.17, 15) is 0 Å². The highest BCUT2D eigenvalue weighted by Gasteiger charge is 2.03. The highest BCUT2D eigenvalue weighted by Crippen LogP contribution is 2.06. The van der Waals surface area contributed by atoms with E-state index in [1.807, 2.05) is 59.4 Å². The summed E-state index contributed by atoms with van der Waals surface area (Å²) in [6.45, 7) is 1.37. The Balaban J connectivity index is 1.48. The Morgan fingerprint density at radius 1 is 1.12 bits per heavy atom. The molecule has 124 valence electrons. The molecule has 6 heteroatoms. The Morgan fingerprint density at radius 2 is 2.00 bits per heavy atom. The lowest BCUT2D eigenvalue weighted by Crippen LogP contribution is -2.37. The van der Waals surface area contributed by atoms with Crippen molar-refractivity contribution in [3.05, 3.63) is 72.4 Å². The number of nitrogens with zero attached hydrogens (tertiary/aromatic N) is 3. The molecule has 0 aliphatic carbocycles. The van der Waals surface area contributed by atoms with E-state index in [2.05, 4.69) is 20.7 Å². The third-order valence-corrected chi connectivity index (χ3v) is 3.57. The van der Waals surface area contributed by atoms with Gasteiger partial charge in [0.2, 0.25) is 0 Å². The van der Waals surface area contributed by atoms with Crippen molar-refractivity contribution in [1.82, 2.24) is 20.4 Å². The predicted octanol–water partition coefficient (Wildman–Crippen LogP) is 2.37. The first kappa shape index (κ1) is 15.9. The molecule has 24 heavy (non-hydrogen) atoms. The van der Waals surface area contributed by atoms with Crippen molar-refractivity contribution in [2.45, 2.75) is 13.0 Å². The Kier molecular flexibility index (Phi) is 5.29. The van der Waals surface area contributed by atoms with Gasteiger partial charge in [0.05, 0.1) is 24.2 Å². The van der Waals surface area contributed by atoms with Crippen LogP contribution >= 0.6 is 0 Å². The largest absolute Gasteiger partial charge is 0.469 e. The summed E-state index contributed by atoms with van der Waals surface area (Å²) in [6, 6.07) is 15.9. The third-order valence-electron chi connectivity index (χ3n) is 3.57. The summed E-state index contributed by atoms with van der Waals surface area (Å²) in [5.74, 6) is 1.70. The quantitative estimate of drug-likeness (QED) is 0.540. The van der Waals surface area contributed by atoms with Gasteiger partial charge in [-0.05, 0) is 30.3 Å². The molecule has 0 radical (unpaired) electrons. The number of hydrogen-bond acceptors (Lipinski definition) is 3. The van der Waals surface area contributed by atoms with E-state index in [-0.39, 0.29) is 0 Å². The molecule has 0 saturated heterocycles. The van der Waals surface area contributed by atoms with Gasteiger partial charge in [0.15, 0.2) is 5.96 Å². The first-order valence-electron chi connectivity index (χ1n) is 7.92. The summed E-state index contributed by atoms with van der Waals surface area (Å²) in [5.41, 5.74) is 2.00. The molecule has 1 aromatic carbocycles. The van der Waals surface area contributed by atoms with Gasteiger partial charge < -0.3 is 15.1 Å². The van der Waals surface area contributed by atoms with Gasteiger partial charge in [0.1, 0.15) is 5.76 Å². The van der Waals surface area contributed by atoms with E-state index < -0.39 is 0 Å². The van der Waals surface area contributed by atoms with Crippen LogP contribution in [0.3, 0.4) is 0 Å². The summed E-state index contributed by atoms with van der Waals surface area (Å²) in [6.07, 6.45) is 4.46. The number of benzene rings is 1. The van der Waals surface area contributed by atoms with Crippen LogP contribution in [0.2, 0.25) is 0 Å². The Morgan fingerprint density at radius 3 is 2.75 bits per heavy atom. The normalized spacial score (nSPS) is 11.5. The number of aromatic nitrogens is 2. The number of rotatable bonds is 6. The second kappa shape index (κ2) is 8.01. The maximum Gasteiger partial charge on any atom is 0.191 e. The van der Waals surface area contributed by atoms with Gasteiger partial charge in [0.25, 0.3) is 0 Å². The molecule has 2 N–H and O–H groups in total. The lowest BCUT2D eigenvalue weighted by atomic mass is 10.3. The number of nitrogens with one attached hydrogen (secondary N) is 2. The monoisotopic (exact) mass is 323 g/mol. The zero-order valence-corrected chi connectivity index (χ0v) is 13.6.